The number of hydrogen-bond donors (Lipinski definition) is 2. The zero-order valence-electron chi connectivity index (χ0n) is 12.8. The number of ether oxygens (including phenoxy) is 2. The number of amides is 2. The first-order chi connectivity index (χ1) is 10.6. The number of aromatic nitrogens is 1. The Hall–Kier alpha value is -2.70. The minimum Gasteiger partial charge on any atom is -0.497 e. The molecule has 7 heteroatoms. The van der Waals surface area contributed by atoms with Crippen molar-refractivity contribution >= 4 is 11.7 Å². The van der Waals surface area contributed by atoms with Crippen LogP contribution in [0.4, 0.5) is 10.5 Å². The van der Waals surface area contributed by atoms with Crippen molar-refractivity contribution < 1.29 is 18.8 Å². The maximum atomic E-state index is 11.9. The molecule has 118 valence electrons. The van der Waals surface area contributed by atoms with Crippen molar-refractivity contribution in [2.75, 3.05) is 26.1 Å². The van der Waals surface area contributed by atoms with Gasteiger partial charge < -0.3 is 24.6 Å². The fourth-order valence-corrected chi connectivity index (χ4v) is 1.90. The van der Waals surface area contributed by atoms with Crippen LogP contribution < -0.4 is 20.1 Å². The predicted molar refractivity (Wildman–Crippen MR) is 81.5 cm³/mol. The number of carbonyl (C=O) groups is 1. The lowest BCUT2D eigenvalue weighted by Gasteiger charge is -2.12. The highest BCUT2D eigenvalue weighted by Gasteiger charge is 2.09. The van der Waals surface area contributed by atoms with E-state index in [4.69, 9.17) is 14.0 Å². The van der Waals surface area contributed by atoms with Crippen LogP contribution in [0.25, 0.3) is 0 Å². The average molecular weight is 305 g/mol. The molecule has 0 aliphatic carbocycles. The van der Waals surface area contributed by atoms with E-state index in [-0.39, 0.29) is 6.03 Å². The van der Waals surface area contributed by atoms with Crippen LogP contribution in [0.1, 0.15) is 11.5 Å². The first-order valence-electron chi connectivity index (χ1n) is 6.81. The molecule has 1 aromatic carbocycles. The summed E-state index contributed by atoms with van der Waals surface area (Å²) in [5.41, 5.74) is 1.39. The van der Waals surface area contributed by atoms with Crippen LogP contribution in [0, 0.1) is 6.92 Å². The number of rotatable bonds is 6. The number of methoxy groups -OCH3 is 2. The quantitative estimate of drug-likeness (QED) is 0.855. The van der Waals surface area contributed by atoms with Gasteiger partial charge in [-0.25, -0.2) is 4.79 Å². The molecule has 1 aromatic heterocycles. The Bertz CT molecular complexity index is 639. The molecule has 0 unspecified atom stereocenters. The Labute approximate surface area is 128 Å². The molecule has 0 aliphatic rings. The zero-order valence-corrected chi connectivity index (χ0v) is 12.8. The molecule has 2 N–H and O–H groups in total. The van der Waals surface area contributed by atoms with Crippen LogP contribution >= 0.6 is 0 Å². The number of nitrogens with zero attached hydrogens (tertiary/aromatic N) is 1. The lowest BCUT2D eigenvalue weighted by molar-refractivity contribution is 0.251. The second-order valence-electron chi connectivity index (χ2n) is 4.63. The maximum Gasteiger partial charge on any atom is 0.319 e. The third-order valence-electron chi connectivity index (χ3n) is 2.99. The number of benzene rings is 1. The van der Waals surface area contributed by atoms with E-state index in [2.05, 4.69) is 15.8 Å². The first-order valence-corrected chi connectivity index (χ1v) is 6.81. The Morgan fingerprint density at radius 2 is 2.09 bits per heavy atom. The SMILES string of the molecule is COc1ccc(NC(=O)NCCc2cc(C)no2)c(OC)c1. The number of aryl methyl sites for hydroxylation is 1. The van der Waals surface area contributed by atoms with Gasteiger partial charge in [-0.15, -0.1) is 0 Å². The molecule has 1 heterocycles. The van der Waals surface area contributed by atoms with Crippen molar-refractivity contribution in [1.29, 1.82) is 0 Å². The van der Waals surface area contributed by atoms with Crippen LogP contribution in [0.3, 0.4) is 0 Å². The van der Waals surface area contributed by atoms with E-state index >= 15 is 0 Å². The van der Waals surface area contributed by atoms with Crippen LogP contribution in [0.15, 0.2) is 28.8 Å². The van der Waals surface area contributed by atoms with Crippen LogP contribution in [0.2, 0.25) is 0 Å². The van der Waals surface area contributed by atoms with E-state index in [1.165, 1.54) is 7.11 Å². The van der Waals surface area contributed by atoms with Crippen molar-refractivity contribution in [1.82, 2.24) is 10.5 Å². The monoisotopic (exact) mass is 305 g/mol. The molecule has 0 aliphatic heterocycles. The summed E-state index contributed by atoms with van der Waals surface area (Å²) in [6, 6.07) is 6.69. The molecule has 2 rings (SSSR count). The van der Waals surface area contributed by atoms with E-state index in [0.717, 1.165) is 11.5 Å². The Balaban J connectivity index is 1.86. The van der Waals surface area contributed by atoms with Gasteiger partial charge >= 0.3 is 6.03 Å². The summed E-state index contributed by atoms with van der Waals surface area (Å²) in [4.78, 5) is 11.9. The van der Waals surface area contributed by atoms with Gasteiger partial charge in [-0.05, 0) is 19.1 Å². The number of urea groups is 1. The average Bonchev–Trinajstić information content (AvgIpc) is 2.93. The van der Waals surface area contributed by atoms with Crippen molar-refractivity contribution in [2.24, 2.45) is 0 Å². The van der Waals surface area contributed by atoms with Crippen LogP contribution in [-0.4, -0.2) is 32.0 Å². The fraction of sp³-hybridized carbons (Fsp3) is 0.333. The Morgan fingerprint density at radius 3 is 2.73 bits per heavy atom. The summed E-state index contributed by atoms with van der Waals surface area (Å²) in [6.45, 7) is 2.29. The van der Waals surface area contributed by atoms with E-state index in [0.29, 0.717) is 30.2 Å². The van der Waals surface area contributed by atoms with Gasteiger partial charge in [0.25, 0.3) is 0 Å². The normalized spacial score (nSPS) is 10.1. The van der Waals surface area contributed by atoms with Crippen molar-refractivity contribution in [3.8, 4) is 11.5 Å². The molecule has 0 saturated carbocycles. The number of hydrogen-bond acceptors (Lipinski definition) is 5. The van der Waals surface area contributed by atoms with Gasteiger partial charge in [0, 0.05) is 25.1 Å². The smallest absolute Gasteiger partial charge is 0.319 e. The van der Waals surface area contributed by atoms with Crippen LogP contribution in [-0.2, 0) is 6.42 Å². The van der Waals surface area contributed by atoms with Gasteiger partial charge in [-0.2, -0.15) is 0 Å². The second-order valence-corrected chi connectivity index (χ2v) is 4.63. The van der Waals surface area contributed by atoms with Gasteiger partial charge in [-0.1, -0.05) is 5.16 Å². The van der Waals surface area contributed by atoms with E-state index in [9.17, 15) is 4.79 Å². The van der Waals surface area contributed by atoms with E-state index in [1.54, 1.807) is 25.3 Å². The molecule has 0 saturated heterocycles. The Morgan fingerprint density at radius 1 is 1.27 bits per heavy atom. The van der Waals surface area contributed by atoms with Gasteiger partial charge in [0.05, 0.1) is 25.6 Å². The lowest BCUT2D eigenvalue weighted by Crippen LogP contribution is -2.30. The summed E-state index contributed by atoms with van der Waals surface area (Å²) in [5, 5.41) is 9.26. The lowest BCUT2D eigenvalue weighted by atomic mass is 10.2. The summed E-state index contributed by atoms with van der Waals surface area (Å²) < 4.78 is 15.4. The largest absolute Gasteiger partial charge is 0.497 e. The maximum absolute atomic E-state index is 11.9. The van der Waals surface area contributed by atoms with E-state index in [1.807, 2.05) is 13.0 Å². The summed E-state index contributed by atoms with van der Waals surface area (Å²) in [6.07, 6.45) is 0.577. The Kier molecular flexibility index (Phi) is 5.24. The van der Waals surface area contributed by atoms with Gasteiger partial charge in [0.1, 0.15) is 17.3 Å². The molecular weight excluding hydrogens is 286 g/mol. The topological polar surface area (TPSA) is 85.6 Å². The van der Waals surface area contributed by atoms with Gasteiger partial charge in [0.2, 0.25) is 0 Å². The van der Waals surface area contributed by atoms with Gasteiger partial charge in [-0.3, -0.25) is 0 Å². The number of nitrogens with one attached hydrogen (secondary N) is 2. The third kappa shape index (κ3) is 4.15. The molecule has 2 aromatic rings. The highest BCUT2D eigenvalue weighted by Crippen LogP contribution is 2.28. The molecule has 7 nitrogen and oxygen atoms in total. The van der Waals surface area contributed by atoms with Gasteiger partial charge in [0.15, 0.2) is 0 Å². The summed E-state index contributed by atoms with van der Waals surface area (Å²) >= 11 is 0. The second kappa shape index (κ2) is 7.35. The molecule has 0 radical (unpaired) electrons. The first kappa shape index (κ1) is 15.7. The summed E-state index contributed by atoms with van der Waals surface area (Å²) in [7, 11) is 3.10. The molecule has 2 amide bonds. The summed E-state index contributed by atoms with van der Waals surface area (Å²) in [5.74, 6) is 1.92. The molecule has 0 atom stereocenters. The standard InChI is InChI=1S/C15H19N3O4/c1-10-8-12(22-18-10)6-7-16-15(19)17-13-5-4-11(20-2)9-14(13)21-3/h4-5,8-9H,6-7H2,1-3H3,(H2,16,17,19). The highest BCUT2D eigenvalue weighted by molar-refractivity contribution is 5.91. The van der Waals surface area contributed by atoms with Crippen molar-refractivity contribution in [3.05, 3.63) is 35.7 Å². The van der Waals surface area contributed by atoms with E-state index < -0.39 is 0 Å². The minimum atomic E-state index is -0.320. The molecule has 0 fully saturated rings. The van der Waals surface area contributed by atoms with Crippen molar-refractivity contribution in [2.45, 2.75) is 13.3 Å². The fourth-order valence-electron chi connectivity index (χ4n) is 1.90. The predicted octanol–water partition coefficient (Wildman–Crippen LogP) is 2.36. The minimum absolute atomic E-state index is 0.320. The third-order valence-corrected chi connectivity index (χ3v) is 2.99. The van der Waals surface area contributed by atoms with Crippen LogP contribution in [0.5, 0.6) is 11.5 Å². The number of carbonyl (C=O) groups excluding carboxylic acids is 1. The number of anilines is 1. The highest BCUT2D eigenvalue weighted by atomic mass is 16.5. The zero-order chi connectivity index (χ0) is 15.9. The molecule has 0 spiro atoms. The molecule has 0 bridgehead atoms. The molecule has 22 heavy (non-hydrogen) atoms. The molecular formula is C15H19N3O4. The van der Waals surface area contributed by atoms with Crippen molar-refractivity contribution in [3.63, 3.8) is 0 Å².